The standard InChI is InChI=1S/C15H17Cl2N3O/c1-15(5-2-6-18-9-15)14-19-13(20-21-14)8-10-3-4-11(16)12(17)7-10/h3-4,7,18H,2,5-6,8-9H2,1H3. The lowest BCUT2D eigenvalue weighted by molar-refractivity contribution is 0.245. The van der Waals surface area contributed by atoms with Crippen molar-refractivity contribution in [3.05, 3.63) is 45.5 Å². The first-order chi connectivity index (χ1) is 10.1. The zero-order chi connectivity index (χ0) is 14.9. The summed E-state index contributed by atoms with van der Waals surface area (Å²) in [6.45, 7) is 4.09. The van der Waals surface area contributed by atoms with E-state index in [2.05, 4.69) is 22.4 Å². The Bertz CT molecular complexity index is 636. The van der Waals surface area contributed by atoms with Gasteiger partial charge in [0.2, 0.25) is 5.89 Å². The second kappa shape index (κ2) is 5.95. The molecule has 0 spiro atoms. The van der Waals surface area contributed by atoms with Crippen molar-refractivity contribution in [1.82, 2.24) is 15.5 Å². The Morgan fingerprint density at radius 1 is 1.33 bits per heavy atom. The fraction of sp³-hybridized carbons (Fsp3) is 0.467. The molecular formula is C15H17Cl2N3O. The van der Waals surface area contributed by atoms with Crippen LogP contribution in [0.3, 0.4) is 0 Å². The molecule has 0 radical (unpaired) electrons. The van der Waals surface area contributed by atoms with Gasteiger partial charge in [-0.2, -0.15) is 4.98 Å². The number of nitrogens with zero attached hydrogens (tertiary/aromatic N) is 2. The van der Waals surface area contributed by atoms with Gasteiger partial charge in [0, 0.05) is 13.0 Å². The van der Waals surface area contributed by atoms with Gasteiger partial charge in [-0.05, 0) is 44.0 Å². The Hall–Kier alpha value is -1.10. The topological polar surface area (TPSA) is 51.0 Å². The molecule has 0 aliphatic carbocycles. The molecule has 1 aromatic carbocycles. The fourth-order valence-corrected chi connectivity index (χ4v) is 2.96. The number of halogens is 2. The predicted octanol–water partition coefficient (Wildman–Crippen LogP) is 3.61. The molecule has 1 aliphatic rings. The highest BCUT2D eigenvalue weighted by Crippen LogP contribution is 2.29. The smallest absolute Gasteiger partial charge is 0.233 e. The Balaban J connectivity index is 1.77. The Morgan fingerprint density at radius 3 is 2.90 bits per heavy atom. The average molecular weight is 326 g/mol. The van der Waals surface area contributed by atoms with Crippen molar-refractivity contribution in [2.75, 3.05) is 13.1 Å². The molecule has 0 bridgehead atoms. The van der Waals surface area contributed by atoms with E-state index in [-0.39, 0.29) is 5.41 Å². The van der Waals surface area contributed by atoms with E-state index >= 15 is 0 Å². The summed E-state index contributed by atoms with van der Waals surface area (Å²) in [5.74, 6) is 1.39. The maximum atomic E-state index is 6.02. The van der Waals surface area contributed by atoms with Crippen LogP contribution >= 0.6 is 23.2 Å². The van der Waals surface area contributed by atoms with Crippen LogP contribution < -0.4 is 5.32 Å². The van der Waals surface area contributed by atoms with E-state index in [0.29, 0.717) is 28.2 Å². The second-order valence-electron chi connectivity index (χ2n) is 5.78. The first-order valence-corrected chi connectivity index (χ1v) is 7.80. The molecule has 2 heterocycles. The molecule has 0 saturated carbocycles. The van der Waals surface area contributed by atoms with Gasteiger partial charge < -0.3 is 9.84 Å². The third-order valence-corrected chi connectivity index (χ3v) is 4.67. The van der Waals surface area contributed by atoms with Crippen LogP contribution in [0.15, 0.2) is 22.7 Å². The number of hydrogen-bond acceptors (Lipinski definition) is 4. The first-order valence-electron chi connectivity index (χ1n) is 7.04. The normalized spacial score (nSPS) is 22.4. The van der Waals surface area contributed by atoms with Crippen molar-refractivity contribution < 1.29 is 4.52 Å². The molecular weight excluding hydrogens is 309 g/mol. The molecule has 1 aromatic heterocycles. The summed E-state index contributed by atoms with van der Waals surface area (Å²) in [6, 6.07) is 5.55. The maximum absolute atomic E-state index is 6.02. The largest absolute Gasteiger partial charge is 0.339 e. The number of piperidine rings is 1. The van der Waals surface area contributed by atoms with Gasteiger partial charge in [0.25, 0.3) is 0 Å². The quantitative estimate of drug-likeness (QED) is 0.936. The molecule has 112 valence electrons. The molecule has 6 heteroatoms. The minimum atomic E-state index is -0.0683. The Morgan fingerprint density at radius 2 is 2.19 bits per heavy atom. The van der Waals surface area contributed by atoms with Crippen LogP contribution in [-0.2, 0) is 11.8 Å². The van der Waals surface area contributed by atoms with Gasteiger partial charge in [-0.3, -0.25) is 0 Å². The number of benzene rings is 1. The number of rotatable bonds is 3. The molecule has 1 unspecified atom stereocenters. The predicted molar refractivity (Wildman–Crippen MR) is 83.0 cm³/mol. The summed E-state index contributed by atoms with van der Waals surface area (Å²) in [6.07, 6.45) is 2.78. The van der Waals surface area contributed by atoms with Crippen LogP contribution in [0.25, 0.3) is 0 Å². The number of aromatic nitrogens is 2. The Labute approximate surface area is 133 Å². The summed E-state index contributed by atoms with van der Waals surface area (Å²) in [5, 5.41) is 8.57. The lowest BCUT2D eigenvalue weighted by Crippen LogP contribution is -2.41. The van der Waals surface area contributed by atoms with Crippen molar-refractivity contribution >= 4 is 23.2 Å². The zero-order valence-corrected chi connectivity index (χ0v) is 13.3. The molecule has 1 N–H and O–H groups in total. The van der Waals surface area contributed by atoms with Gasteiger partial charge in [-0.25, -0.2) is 0 Å². The molecule has 2 aromatic rings. The van der Waals surface area contributed by atoms with E-state index < -0.39 is 0 Å². The molecule has 1 saturated heterocycles. The minimum absolute atomic E-state index is 0.0683. The van der Waals surface area contributed by atoms with Gasteiger partial charge in [-0.15, -0.1) is 0 Å². The van der Waals surface area contributed by atoms with Crippen LogP contribution in [0, 0.1) is 0 Å². The third kappa shape index (κ3) is 3.23. The van der Waals surface area contributed by atoms with Crippen LogP contribution in [0.1, 0.15) is 37.0 Å². The molecule has 1 atom stereocenters. The molecule has 1 aliphatic heterocycles. The lowest BCUT2D eigenvalue weighted by atomic mass is 9.83. The summed E-state index contributed by atoms with van der Waals surface area (Å²) < 4.78 is 5.47. The SMILES string of the molecule is CC1(c2nc(Cc3ccc(Cl)c(Cl)c3)no2)CCCNC1. The zero-order valence-electron chi connectivity index (χ0n) is 11.8. The highest BCUT2D eigenvalue weighted by atomic mass is 35.5. The highest BCUT2D eigenvalue weighted by molar-refractivity contribution is 6.42. The van der Waals surface area contributed by atoms with E-state index in [9.17, 15) is 0 Å². The van der Waals surface area contributed by atoms with E-state index in [4.69, 9.17) is 27.7 Å². The van der Waals surface area contributed by atoms with Crippen molar-refractivity contribution in [3.8, 4) is 0 Å². The second-order valence-corrected chi connectivity index (χ2v) is 6.60. The maximum Gasteiger partial charge on any atom is 0.233 e. The number of nitrogens with one attached hydrogen (secondary N) is 1. The van der Waals surface area contributed by atoms with Crippen molar-refractivity contribution in [3.63, 3.8) is 0 Å². The van der Waals surface area contributed by atoms with Crippen LogP contribution in [0.5, 0.6) is 0 Å². The van der Waals surface area contributed by atoms with Crippen molar-refractivity contribution in [2.24, 2.45) is 0 Å². The van der Waals surface area contributed by atoms with E-state index in [1.807, 2.05) is 12.1 Å². The van der Waals surface area contributed by atoms with E-state index in [1.54, 1.807) is 6.07 Å². The lowest BCUT2D eigenvalue weighted by Gasteiger charge is -2.30. The fourth-order valence-electron chi connectivity index (χ4n) is 2.64. The van der Waals surface area contributed by atoms with Gasteiger partial charge >= 0.3 is 0 Å². The monoisotopic (exact) mass is 325 g/mol. The van der Waals surface area contributed by atoms with Gasteiger partial charge in [0.15, 0.2) is 5.82 Å². The third-order valence-electron chi connectivity index (χ3n) is 3.93. The van der Waals surface area contributed by atoms with Gasteiger partial charge in [0.05, 0.1) is 15.5 Å². The van der Waals surface area contributed by atoms with Crippen LogP contribution in [-0.4, -0.2) is 23.2 Å². The Kier molecular flexibility index (Phi) is 4.20. The van der Waals surface area contributed by atoms with Crippen LogP contribution in [0.2, 0.25) is 10.0 Å². The van der Waals surface area contributed by atoms with Crippen molar-refractivity contribution in [2.45, 2.75) is 31.6 Å². The first kappa shape index (κ1) is 14.8. The average Bonchev–Trinajstić information content (AvgIpc) is 2.93. The van der Waals surface area contributed by atoms with Gasteiger partial charge in [-0.1, -0.05) is 34.4 Å². The van der Waals surface area contributed by atoms with Crippen LogP contribution in [0.4, 0.5) is 0 Å². The summed E-state index contributed by atoms with van der Waals surface area (Å²) in [4.78, 5) is 4.56. The number of hydrogen-bond donors (Lipinski definition) is 1. The van der Waals surface area contributed by atoms with Gasteiger partial charge in [0.1, 0.15) is 0 Å². The van der Waals surface area contributed by atoms with E-state index in [0.717, 1.165) is 31.5 Å². The summed E-state index contributed by atoms with van der Waals surface area (Å²) in [7, 11) is 0. The molecule has 1 fully saturated rings. The molecule has 21 heavy (non-hydrogen) atoms. The van der Waals surface area contributed by atoms with E-state index in [1.165, 1.54) is 0 Å². The summed E-state index contributed by atoms with van der Waals surface area (Å²) in [5.41, 5.74) is 0.949. The molecule has 0 amide bonds. The minimum Gasteiger partial charge on any atom is -0.339 e. The molecule has 3 rings (SSSR count). The molecule has 4 nitrogen and oxygen atoms in total. The van der Waals surface area contributed by atoms with Crippen molar-refractivity contribution in [1.29, 1.82) is 0 Å². The summed E-state index contributed by atoms with van der Waals surface area (Å²) >= 11 is 11.9. The highest BCUT2D eigenvalue weighted by Gasteiger charge is 2.34.